The van der Waals surface area contributed by atoms with Crippen LogP contribution in [-0.4, -0.2) is 18.9 Å². The molecule has 0 radical (unpaired) electrons. The van der Waals surface area contributed by atoms with Gasteiger partial charge < -0.3 is 0 Å². The second kappa shape index (κ2) is 4.61. The van der Waals surface area contributed by atoms with E-state index in [4.69, 9.17) is 0 Å². The Morgan fingerprint density at radius 1 is 1.35 bits per heavy atom. The number of hydrogen-bond donors (Lipinski definition) is 0. The first-order valence-corrected chi connectivity index (χ1v) is 5.83. The molecule has 0 N–H and O–H groups in total. The fraction of sp³-hybridized carbons (Fsp3) is 0.500. The molecule has 0 aliphatic heterocycles. The Kier molecular flexibility index (Phi) is 3.17. The van der Waals surface area contributed by atoms with E-state index in [2.05, 4.69) is 5.10 Å². The number of aromatic nitrogens is 4. The van der Waals surface area contributed by atoms with Gasteiger partial charge in [0.25, 0.3) is 0 Å². The molecule has 0 aromatic carbocycles. The molecule has 0 saturated heterocycles. The van der Waals surface area contributed by atoms with Crippen molar-refractivity contribution in [1.29, 1.82) is 0 Å². The van der Waals surface area contributed by atoms with Gasteiger partial charge >= 0.3 is 5.69 Å². The Labute approximate surface area is 100 Å². The molecule has 17 heavy (non-hydrogen) atoms. The lowest BCUT2D eigenvalue weighted by Crippen LogP contribution is -2.26. The second-order valence-corrected chi connectivity index (χ2v) is 4.47. The van der Waals surface area contributed by atoms with Crippen molar-refractivity contribution < 1.29 is 0 Å². The Bertz CT molecular complexity index is 547. The summed E-state index contributed by atoms with van der Waals surface area (Å²) in [6.45, 7) is 4.71. The molecule has 0 saturated carbocycles. The Balaban J connectivity index is 2.10. The van der Waals surface area contributed by atoms with Crippen molar-refractivity contribution in [3.63, 3.8) is 0 Å². The molecule has 0 bridgehead atoms. The van der Waals surface area contributed by atoms with Gasteiger partial charge in [0.2, 0.25) is 0 Å². The SMILES string of the molecule is CC(C)n1ccn(CCc2ccnn2C)c1=O. The summed E-state index contributed by atoms with van der Waals surface area (Å²) in [6.07, 6.45) is 6.28. The maximum absolute atomic E-state index is 12.0. The smallest absolute Gasteiger partial charge is 0.299 e. The summed E-state index contributed by atoms with van der Waals surface area (Å²) < 4.78 is 5.32. The van der Waals surface area contributed by atoms with Gasteiger partial charge in [-0.25, -0.2) is 4.79 Å². The molecule has 0 aliphatic rings. The van der Waals surface area contributed by atoms with Gasteiger partial charge in [-0.2, -0.15) is 5.10 Å². The predicted molar refractivity (Wildman–Crippen MR) is 66.0 cm³/mol. The zero-order valence-electron chi connectivity index (χ0n) is 10.5. The van der Waals surface area contributed by atoms with Crippen LogP contribution >= 0.6 is 0 Å². The van der Waals surface area contributed by atoms with Crippen molar-refractivity contribution in [3.8, 4) is 0 Å². The first kappa shape index (κ1) is 11.7. The molecule has 5 nitrogen and oxygen atoms in total. The van der Waals surface area contributed by atoms with E-state index in [1.807, 2.05) is 44.0 Å². The van der Waals surface area contributed by atoms with Crippen LogP contribution in [-0.2, 0) is 20.0 Å². The third-order valence-electron chi connectivity index (χ3n) is 2.96. The molecule has 2 rings (SSSR count). The van der Waals surface area contributed by atoms with Gasteiger partial charge in [0.1, 0.15) is 0 Å². The monoisotopic (exact) mass is 234 g/mol. The molecular formula is C12H18N4O. The van der Waals surface area contributed by atoms with Crippen LogP contribution in [0.3, 0.4) is 0 Å². The lowest BCUT2D eigenvalue weighted by molar-refractivity contribution is 0.545. The van der Waals surface area contributed by atoms with E-state index in [9.17, 15) is 4.79 Å². The Morgan fingerprint density at radius 3 is 2.65 bits per heavy atom. The minimum atomic E-state index is 0.0576. The lowest BCUT2D eigenvalue weighted by atomic mass is 10.3. The summed E-state index contributed by atoms with van der Waals surface area (Å²) in [6, 6.07) is 2.19. The molecule has 2 heterocycles. The van der Waals surface area contributed by atoms with Crippen LogP contribution in [0.1, 0.15) is 25.6 Å². The maximum atomic E-state index is 12.0. The van der Waals surface area contributed by atoms with Crippen LogP contribution in [0.15, 0.2) is 29.5 Å². The summed E-state index contributed by atoms with van der Waals surface area (Å²) in [7, 11) is 1.91. The van der Waals surface area contributed by atoms with E-state index < -0.39 is 0 Å². The molecular weight excluding hydrogens is 216 g/mol. The van der Waals surface area contributed by atoms with Crippen molar-refractivity contribution in [1.82, 2.24) is 18.9 Å². The number of aryl methyl sites for hydroxylation is 3. The summed E-state index contributed by atoms with van der Waals surface area (Å²) in [5.41, 5.74) is 1.19. The summed E-state index contributed by atoms with van der Waals surface area (Å²) in [4.78, 5) is 12.0. The second-order valence-electron chi connectivity index (χ2n) is 4.47. The predicted octanol–water partition coefficient (Wildman–Crippen LogP) is 1.21. The zero-order chi connectivity index (χ0) is 12.4. The van der Waals surface area contributed by atoms with Gasteiger partial charge in [0.05, 0.1) is 0 Å². The van der Waals surface area contributed by atoms with Crippen LogP contribution in [0, 0.1) is 0 Å². The standard InChI is InChI=1S/C12H18N4O/c1-10(2)16-9-8-15(12(16)17)7-5-11-4-6-13-14(11)3/h4,6,8-10H,5,7H2,1-3H3. The molecule has 2 aromatic rings. The third-order valence-corrected chi connectivity index (χ3v) is 2.96. The van der Waals surface area contributed by atoms with Gasteiger partial charge in [-0.15, -0.1) is 0 Å². The molecule has 5 heteroatoms. The highest BCUT2D eigenvalue weighted by Gasteiger charge is 2.06. The summed E-state index contributed by atoms with van der Waals surface area (Å²) in [5.74, 6) is 0. The molecule has 92 valence electrons. The van der Waals surface area contributed by atoms with Gasteiger partial charge in [-0.1, -0.05) is 0 Å². The van der Waals surface area contributed by atoms with E-state index in [-0.39, 0.29) is 11.7 Å². The summed E-state index contributed by atoms with van der Waals surface area (Å²) in [5, 5.41) is 4.11. The van der Waals surface area contributed by atoms with Crippen molar-refractivity contribution in [2.24, 2.45) is 7.05 Å². The van der Waals surface area contributed by atoms with E-state index in [0.29, 0.717) is 6.54 Å². The summed E-state index contributed by atoms with van der Waals surface area (Å²) >= 11 is 0. The highest BCUT2D eigenvalue weighted by molar-refractivity contribution is 5.00. The van der Waals surface area contributed by atoms with Crippen LogP contribution in [0.2, 0.25) is 0 Å². The van der Waals surface area contributed by atoms with Gasteiger partial charge in [0, 0.05) is 50.3 Å². The largest absolute Gasteiger partial charge is 0.328 e. The van der Waals surface area contributed by atoms with Crippen LogP contribution in [0.4, 0.5) is 0 Å². The van der Waals surface area contributed by atoms with Crippen molar-refractivity contribution >= 4 is 0 Å². The first-order valence-electron chi connectivity index (χ1n) is 5.83. The number of rotatable bonds is 4. The van der Waals surface area contributed by atoms with Crippen molar-refractivity contribution in [2.75, 3.05) is 0 Å². The third kappa shape index (κ3) is 2.33. The van der Waals surface area contributed by atoms with E-state index in [1.165, 1.54) is 0 Å². The van der Waals surface area contributed by atoms with E-state index >= 15 is 0 Å². The topological polar surface area (TPSA) is 44.8 Å². The van der Waals surface area contributed by atoms with Crippen LogP contribution < -0.4 is 5.69 Å². The van der Waals surface area contributed by atoms with E-state index in [0.717, 1.165) is 12.1 Å². The van der Waals surface area contributed by atoms with Gasteiger partial charge in [-0.3, -0.25) is 13.8 Å². The minimum absolute atomic E-state index is 0.0576. The van der Waals surface area contributed by atoms with Crippen molar-refractivity contribution in [2.45, 2.75) is 32.9 Å². The fourth-order valence-corrected chi connectivity index (χ4v) is 1.87. The van der Waals surface area contributed by atoms with Crippen LogP contribution in [0.25, 0.3) is 0 Å². The van der Waals surface area contributed by atoms with Gasteiger partial charge in [-0.05, 0) is 19.9 Å². The average molecular weight is 234 g/mol. The molecule has 0 spiro atoms. The number of hydrogen-bond acceptors (Lipinski definition) is 2. The van der Waals surface area contributed by atoms with Gasteiger partial charge in [0.15, 0.2) is 0 Å². The lowest BCUT2D eigenvalue weighted by Gasteiger charge is -2.05. The van der Waals surface area contributed by atoms with E-state index in [1.54, 1.807) is 15.3 Å². The normalized spacial score (nSPS) is 11.3. The molecule has 0 amide bonds. The zero-order valence-corrected chi connectivity index (χ0v) is 10.5. The highest BCUT2D eigenvalue weighted by Crippen LogP contribution is 2.02. The number of nitrogens with zero attached hydrogens (tertiary/aromatic N) is 4. The Morgan fingerprint density at radius 2 is 2.12 bits per heavy atom. The molecule has 2 aromatic heterocycles. The molecule has 0 unspecified atom stereocenters. The fourth-order valence-electron chi connectivity index (χ4n) is 1.87. The maximum Gasteiger partial charge on any atom is 0.328 e. The molecule has 0 atom stereocenters. The quantitative estimate of drug-likeness (QED) is 0.798. The van der Waals surface area contributed by atoms with Crippen LogP contribution in [0.5, 0.6) is 0 Å². The highest BCUT2D eigenvalue weighted by atomic mass is 16.1. The Hall–Kier alpha value is -1.78. The minimum Gasteiger partial charge on any atom is -0.299 e. The average Bonchev–Trinajstić information content (AvgIpc) is 2.82. The first-order chi connectivity index (χ1) is 8.09. The van der Waals surface area contributed by atoms with Crippen molar-refractivity contribution in [3.05, 3.63) is 40.8 Å². The number of imidazole rings is 1. The molecule has 0 fully saturated rings. The molecule has 0 aliphatic carbocycles.